The van der Waals surface area contributed by atoms with Crippen LogP contribution in [0.25, 0.3) is 0 Å². The number of hydrogen-bond acceptors (Lipinski definition) is 3. The van der Waals surface area contributed by atoms with Crippen molar-refractivity contribution in [2.75, 3.05) is 6.61 Å². The molecule has 1 aliphatic rings. The van der Waals surface area contributed by atoms with Crippen molar-refractivity contribution < 1.29 is 4.74 Å². The maximum absolute atomic E-state index is 5.77. The molecule has 1 unspecified atom stereocenters. The first-order chi connectivity index (χ1) is 6.24. The monoisotopic (exact) mass is 204 g/mol. The van der Waals surface area contributed by atoms with Gasteiger partial charge in [-0.05, 0) is 13.8 Å². The van der Waals surface area contributed by atoms with Gasteiger partial charge < -0.3 is 10.1 Å². The van der Waals surface area contributed by atoms with Crippen LogP contribution in [-0.2, 0) is 4.74 Å². The van der Waals surface area contributed by atoms with Crippen LogP contribution in [0.3, 0.4) is 0 Å². The molecule has 4 heteroatoms. The minimum absolute atomic E-state index is 0.0134. The molecule has 0 saturated heterocycles. The molecular weight excluding hydrogens is 188 g/mol. The smallest absolute Gasteiger partial charge is 0.289 e. The van der Waals surface area contributed by atoms with Crippen LogP contribution in [0.2, 0.25) is 0 Å². The van der Waals surface area contributed by atoms with Crippen LogP contribution >= 0.6 is 11.6 Å². The van der Waals surface area contributed by atoms with Crippen molar-refractivity contribution in [2.24, 2.45) is 4.99 Å². The fourth-order valence-electron chi connectivity index (χ4n) is 0.742. The Balaban J connectivity index is 0.000000671. The van der Waals surface area contributed by atoms with Crippen molar-refractivity contribution in [1.82, 2.24) is 5.32 Å². The van der Waals surface area contributed by atoms with E-state index in [1.54, 1.807) is 6.20 Å². The molecule has 0 amide bonds. The molecule has 0 spiro atoms. The normalized spacial score (nSPS) is 20.2. The van der Waals surface area contributed by atoms with Crippen LogP contribution in [0.15, 0.2) is 16.2 Å². The molecule has 0 fully saturated rings. The Hall–Kier alpha value is -0.700. The zero-order valence-electron chi connectivity index (χ0n) is 8.60. The molecule has 0 bridgehead atoms. The molecule has 13 heavy (non-hydrogen) atoms. The zero-order valence-corrected chi connectivity index (χ0v) is 9.35. The van der Waals surface area contributed by atoms with Crippen molar-refractivity contribution >= 4 is 17.6 Å². The summed E-state index contributed by atoms with van der Waals surface area (Å²) in [6.45, 7) is 8.44. The Kier molecular flexibility index (Phi) is 6.41. The van der Waals surface area contributed by atoms with Gasteiger partial charge in [0.25, 0.3) is 6.02 Å². The van der Waals surface area contributed by atoms with Gasteiger partial charge in [-0.1, -0.05) is 25.4 Å². The minimum Gasteiger partial charge on any atom is -0.465 e. The first-order valence-electron chi connectivity index (χ1n) is 4.56. The summed E-state index contributed by atoms with van der Waals surface area (Å²) < 4.78 is 5.14. The van der Waals surface area contributed by atoms with Crippen molar-refractivity contribution in [1.29, 1.82) is 0 Å². The van der Waals surface area contributed by atoms with E-state index in [0.29, 0.717) is 17.7 Å². The molecule has 0 radical (unpaired) electrons. The van der Waals surface area contributed by atoms with Gasteiger partial charge in [0.15, 0.2) is 0 Å². The van der Waals surface area contributed by atoms with E-state index in [1.165, 1.54) is 0 Å². The average molecular weight is 205 g/mol. The van der Waals surface area contributed by atoms with Crippen molar-refractivity contribution in [3.8, 4) is 0 Å². The molecule has 76 valence electrons. The summed E-state index contributed by atoms with van der Waals surface area (Å²) in [7, 11) is 0. The minimum atomic E-state index is 0.0134. The molecule has 1 rings (SSSR count). The summed E-state index contributed by atoms with van der Waals surface area (Å²) in [5.41, 5.74) is 0. The highest BCUT2D eigenvalue weighted by atomic mass is 35.5. The van der Waals surface area contributed by atoms with E-state index in [1.807, 2.05) is 27.7 Å². The summed E-state index contributed by atoms with van der Waals surface area (Å²) in [5, 5.41) is 3.54. The van der Waals surface area contributed by atoms with Gasteiger partial charge >= 0.3 is 0 Å². The van der Waals surface area contributed by atoms with Crippen molar-refractivity contribution in [3.05, 3.63) is 11.2 Å². The Bertz CT molecular complexity index is 202. The second-order valence-electron chi connectivity index (χ2n) is 2.22. The Morgan fingerprint density at radius 2 is 2.23 bits per heavy atom. The molecule has 0 aromatic rings. The van der Waals surface area contributed by atoms with E-state index in [4.69, 9.17) is 16.3 Å². The lowest BCUT2D eigenvalue weighted by Gasteiger charge is -2.15. The lowest BCUT2D eigenvalue weighted by molar-refractivity contribution is 0.311. The van der Waals surface area contributed by atoms with Crippen LogP contribution in [0, 0.1) is 0 Å². The molecule has 0 aromatic carbocycles. The van der Waals surface area contributed by atoms with Crippen molar-refractivity contribution in [2.45, 2.75) is 33.7 Å². The van der Waals surface area contributed by atoms with Crippen molar-refractivity contribution in [3.63, 3.8) is 0 Å². The van der Waals surface area contributed by atoms with Gasteiger partial charge in [-0.15, -0.1) is 0 Å². The summed E-state index contributed by atoms with van der Waals surface area (Å²) in [5.74, 6) is 0. The number of ether oxygens (including phenoxy) is 1. The highest BCUT2D eigenvalue weighted by Gasteiger charge is 2.11. The van der Waals surface area contributed by atoms with Gasteiger partial charge in [0.1, 0.15) is 0 Å². The maximum atomic E-state index is 5.77. The first-order valence-corrected chi connectivity index (χ1v) is 4.94. The summed E-state index contributed by atoms with van der Waals surface area (Å²) in [6.07, 6.45) is 1.70. The van der Waals surface area contributed by atoms with Crippen LogP contribution in [0.1, 0.15) is 27.7 Å². The number of halogens is 1. The lowest BCUT2D eigenvalue weighted by Crippen LogP contribution is -2.27. The molecular formula is C9H17ClN2O. The molecule has 1 aliphatic heterocycles. The Labute approximate surface area is 84.8 Å². The molecule has 0 aromatic heterocycles. The van der Waals surface area contributed by atoms with Gasteiger partial charge in [0.05, 0.1) is 17.7 Å². The summed E-state index contributed by atoms with van der Waals surface area (Å²) >= 11 is 5.77. The third-order valence-electron chi connectivity index (χ3n) is 1.32. The number of hydrogen-bond donors (Lipinski definition) is 1. The fraction of sp³-hybridized carbons (Fsp3) is 0.667. The second-order valence-corrected chi connectivity index (χ2v) is 2.65. The fourth-order valence-corrected chi connectivity index (χ4v) is 0.845. The third kappa shape index (κ3) is 4.18. The topological polar surface area (TPSA) is 33.6 Å². The number of rotatable bonds is 1. The second kappa shape index (κ2) is 6.78. The van der Waals surface area contributed by atoms with Crippen LogP contribution in [0.4, 0.5) is 0 Å². The Morgan fingerprint density at radius 3 is 2.69 bits per heavy atom. The molecule has 1 N–H and O–H groups in total. The van der Waals surface area contributed by atoms with Gasteiger partial charge in [0.2, 0.25) is 0 Å². The molecule has 1 heterocycles. The SMILES string of the molecule is CC.CCOC1=NC(C)C(Cl)=CN1. The number of amidine groups is 1. The quantitative estimate of drug-likeness (QED) is 0.712. The largest absolute Gasteiger partial charge is 0.465 e. The van der Waals surface area contributed by atoms with E-state index >= 15 is 0 Å². The number of nitrogens with zero attached hydrogens (tertiary/aromatic N) is 1. The average Bonchev–Trinajstić information content (AvgIpc) is 2.15. The van der Waals surface area contributed by atoms with Crippen LogP contribution in [0.5, 0.6) is 0 Å². The highest BCUT2D eigenvalue weighted by Crippen LogP contribution is 2.13. The van der Waals surface area contributed by atoms with E-state index < -0.39 is 0 Å². The standard InChI is InChI=1S/C7H11ClN2O.C2H6/c1-3-11-7-9-4-6(8)5(2)10-7;1-2/h4-5H,3H2,1-2H3,(H,9,10);1-2H3. The number of nitrogens with one attached hydrogen (secondary N) is 1. The molecule has 1 atom stereocenters. The predicted molar refractivity (Wildman–Crippen MR) is 56.9 cm³/mol. The van der Waals surface area contributed by atoms with Gasteiger partial charge in [-0.2, -0.15) is 0 Å². The maximum Gasteiger partial charge on any atom is 0.289 e. The molecule has 0 aliphatic carbocycles. The highest BCUT2D eigenvalue weighted by molar-refractivity contribution is 6.30. The van der Waals surface area contributed by atoms with E-state index in [2.05, 4.69) is 10.3 Å². The first kappa shape index (κ1) is 12.3. The van der Waals surface area contributed by atoms with Crippen LogP contribution in [-0.4, -0.2) is 18.7 Å². The van der Waals surface area contributed by atoms with E-state index in [-0.39, 0.29) is 6.04 Å². The lowest BCUT2D eigenvalue weighted by atomic mass is 10.3. The summed E-state index contributed by atoms with van der Waals surface area (Å²) in [6, 6.07) is 0.559. The predicted octanol–water partition coefficient (Wildman–Crippen LogP) is 2.48. The van der Waals surface area contributed by atoms with Gasteiger partial charge in [-0.3, -0.25) is 0 Å². The third-order valence-corrected chi connectivity index (χ3v) is 1.75. The summed E-state index contributed by atoms with van der Waals surface area (Å²) in [4.78, 5) is 4.14. The van der Waals surface area contributed by atoms with E-state index in [9.17, 15) is 0 Å². The van der Waals surface area contributed by atoms with Crippen LogP contribution < -0.4 is 5.32 Å². The van der Waals surface area contributed by atoms with E-state index in [0.717, 1.165) is 0 Å². The molecule has 3 nitrogen and oxygen atoms in total. The zero-order chi connectivity index (χ0) is 10.3. The Morgan fingerprint density at radius 1 is 1.62 bits per heavy atom. The number of aliphatic imine (C=N–C) groups is 1. The molecule has 0 saturated carbocycles. The van der Waals surface area contributed by atoms with Gasteiger partial charge in [0, 0.05) is 6.20 Å². The van der Waals surface area contributed by atoms with Gasteiger partial charge in [-0.25, -0.2) is 4.99 Å².